The molecule has 0 amide bonds. The fraction of sp³-hybridized carbons (Fsp3) is 0.286. The molecule has 0 saturated carbocycles. The van der Waals surface area contributed by atoms with Crippen molar-refractivity contribution in [3.8, 4) is 46.2 Å². The third-order valence-electron chi connectivity index (χ3n) is 10.3. The first-order valence-electron chi connectivity index (χ1n) is 19.3. The summed E-state index contributed by atoms with van der Waals surface area (Å²) >= 11 is 0. The number of nitrogens with zero attached hydrogens (tertiary/aromatic N) is 14. The van der Waals surface area contributed by atoms with Crippen molar-refractivity contribution in [3.05, 3.63) is 133 Å². The van der Waals surface area contributed by atoms with Gasteiger partial charge in [-0.3, -0.25) is 9.97 Å². The van der Waals surface area contributed by atoms with Crippen LogP contribution in [-0.2, 0) is 13.1 Å². The molecular weight excluding hydrogens is 733 g/mol. The summed E-state index contributed by atoms with van der Waals surface area (Å²) in [6.45, 7) is 5.61. The van der Waals surface area contributed by atoms with Gasteiger partial charge in [0.15, 0.2) is 11.6 Å². The first-order chi connectivity index (χ1) is 28.4. The van der Waals surface area contributed by atoms with E-state index in [2.05, 4.69) is 42.0 Å². The zero-order valence-electron chi connectivity index (χ0n) is 32.7. The Bertz CT molecular complexity index is 2480. The van der Waals surface area contributed by atoms with Gasteiger partial charge >= 0.3 is 0 Å². The van der Waals surface area contributed by atoms with E-state index in [4.69, 9.17) is 29.6 Å². The van der Waals surface area contributed by atoms with Crippen molar-refractivity contribution in [1.82, 2.24) is 68.6 Å². The number of fused-ring (bicyclic) bond motifs is 2. The monoisotopic (exact) mass is 774 g/mol. The van der Waals surface area contributed by atoms with E-state index in [-0.39, 0.29) is 11.8 Å². The second kappa shape index (κ2) is 15.8. The highest BCUT2D eigenvalue weighted by molar-refractivity contribution is 5.57. The van der Waals surface area contributed by atoms with Crippen LogP contribution < -0.4 is 9.47 Å². The van der Waals surface area contributed by atoms with Crippen LogP contribution in [0.15, 0.2) is 98.1 Å². The van der Waals surface area contributed by atoms with E-state index in [1.165, 1.54) is 0 Å². The second-order valence-corrected chi connectivity index (χ2v) is 14.2. The normalized spacial score (nSPS) is 15.9. The van der Waals surface area contributed by atoms with Gasteiger partial charge in [0.1, 0.15) is 34.4 Å². The molecule has 16 nitrogen and oxygen atoms in total. The number of pyridine rings is 4. The van der Waals surface area contributed by atoms with Crippen LogP contribution in [0.3, 0.4) is 0 Å². The molecule has 0 bridgehead atoms. The molecule has 0 radical (unpaired) electrons. The lowest BCUT2D eigenvalue weighted by Gasteiger charge is -2.21. The maximum absolute atomic E-state index is 5.53. The van der Waals surface area contributed by atoms with Crippen LogP contribution in [0.1, 0.15) is 71.9 Å². The molecule has 16 heteroatoms. The lowest BCUT2D eigenvalue weighted by atomic mass is 9.95. The van der Waals surface area contributed by atoms with Gasteiger partial charge in [0, 0.05) is 37.9 Å². The Balaban J connectivity index is 0.000000150. The molecule has 0 aliphatic carbocycles. The van der Waals surface area contributed by atoms with Crippen molar-refractivity contribution in [2.24, 2.45) is 0 Å². The van der Waals surface area contributed by atoms with E-state index in [0.717, 1.165) is 84.6 Å². The minimum absolute atomic E-state index is 0.154. The van der Waals surface area contributed by atoms with Crippen molar-refractivity contribution < 1.29 is 9.47 Å². The largest absolute Gasteiger partial charge is 0.479 e. The molecule has 0 spiro atoms. The summed E-state index contributed by atoms with van der Waals surface area (Å²) in [4.78, 5) is 36.6. The minimum atomic E-state index is 0.154. The smallest absolute Gasteiger partial charge is 0.238 e. The molecule has 2 aliphatic rings. The molecule has 10 rings (SSSR count). The molecule has 2 atom stereocenters. The lowest BCUT2D eigenvalue weighted by Crippen LogP contribution is -2.18. The summed E-state index contributed by atoms with van der Waals surface area (Å²) < 4.78 is 18.8. The van der Waals surface area contributed by atoms with Gasteiger partial charge in [-0.1, -0.05) is 12.1 Å². The van der Waals surface area contributed by atoms with Crippen LogP contribution in [0.4, 0.5) is 0 Å². The summed E-state index contributed by atoms with van der Waals surface area (Å²) in [5.41, 5.74) is 6.94. The lowest BCUT2D eigenvalue weighted by molar-refractivity contribution is 0.396. The SMILES string of the molecule is COc1nc(-c2nc3n(n2)CCC[C@@H]3c2ccccn2)ccc1-n1cnc(C)c1.COc1nc(-c2nc3n(n2)CCC[C@H]3c2ccccn2)ccc1-n1cnc(C)c1. The molecular formula is C42H42N14O2. The Hall–Kier alpha value is -7.10. The Labute approximate surface area is 334 Å². The summed E-state index contributed by atoms with van der Waals surface area (Å²) in [6.07, 6.45) is 15.2. The zero-order chi connectivity index (χ0) is 39.6. The number of hydrogen-bond acceptors (Lipinski definition) is 12. The van der Waals surface area contributed by atoms with Gasteiger partial charge in [-0.25, -0.2) is 39.3 Å². The van der Waals surface area contributed by atoms with E-state index >= 15 is 0 Å². The van der Waals surface area contributed by atoms with Gasteiger partial charge in [0.25, 0.3) is 0 Å². The van der Waals surface area contributed by atoms with Gasteiger partial charge in [0.05, 0.1) is 61.5 Å². The standard InChI is InChI=1S/2C21H21N7O/c2*1-14-12-27(13-23-14)18-9-8-17(24-21(18)29-2)19-25-20-15(6-5-11-28(20)26-19)16-7-3-4-10-22-16/h2*3-4,7-10,12-13,15H,5-6,11H2,1-2H3/t2*15-/m10/s1. The quantitative estimate of drug-likeness (QED) is 0.169. The number of imidazole rings is 2. The third kappa shape index (κ3) is 7.19. The number of methoxy groups -OCH3 is 2. The first kappa shape index (κ1) is 36.5. The third-order valence-corrected chi connectivity index (χ3v) is 10.3. The molecule has 10 heterocycles. The summed E-state index contributed by atoms with van der Waals surface area (Å²) in [5, 5.41) is 9.44. The van der Waals surface area contributed by atoms with Crippen molar-refractivity contribution >= 4 is 0 Å². The van der Waals surface area contributed by atoms with E-state index in [0.29, 0.717) is 34.8 Å². The molecule has 0 aromatic carbocycles. The fourth-order valence-electron chi connectivity index (χ4n) is 7.56. The molecule has 2 aliphatic heterocycles. The molecule has 0 N–H and O–H groups in total. The summed E-state index contributed by atoms with van der Waals surface area (Å²) in [6, 6.07) is 19.8. The van der Waals surface area contributed by atoms with Crippen molar-refractivity contribution in [1.29, 1.82) is 0 Å². The fourth-order valence-corrected chi connectivity index (χ4v) is 7.56. The molecule has 8 aromatic heterocycles. The van der Waals surface area contributed by atoms with Gasteiger partial charge in [0.2, 0.25) is 11.8 Å². The number of aromatic nitrogens is 14. The van der Waals surface area contributed by atoms with E-state index in [1.807, 2.05) is 106 Å². The van der Waals surface area contributed by atoms with Gasteiger partial charge < -0.3 is 18.6 Å². The number of aryl methyl sites for hydroxylation is 4. The number of rotatable bonds is 8. The van der Waals surface area contributed by atoms with Crippen LogP contribution in [0.2, 0.25) is 0 Å². The molecule has 292 valence electrons. The first-order valence-corrected chi connectivity index (χ1v) is 19.3. The van der Waals surface area contributed by atoms with Crippen LogP contribution in [0.25, 0.3) is 34.4 Å². The highest BCUT2D eigenvalue weighted by Gasteiger charge is 2.29. The minimum Gasteiger partial charge on any atom is -0.479 e. The molecule has 0 unspecified atom stereocenters. The Morgan fingerprint density at radius 1 is 0.552 bits per heavy atom. The summed E-state index contributed by atoms with van der Waals surface area (Å²) in [7, 11) is 3.23. The Morgan fingerprint density at radius 3 is 1.40 bits per heavy atom. The summed E-state index contributed by atoms with van der Waals surface area (Å²) in [5.74, 6) is 4.43. The maximum atomic E-state index is 5.53. The zero-order valence-corrected chi connectivity index (χ0v) is 32.7. The molecule has 0 saturated heterocycles. The van der Waals surface area contributed by atoms with Crippen LogP contribution >= 0.6 is 0 Å². The van der Waals surface area contributed by atoms with Gasteiger partial charge in [-0.05, 0) is 88.1 Å². The second-order valence-electron chi connectivity index (χ2n) is 14.2. The molecule has 58 heavy (non-hydrogen) atoms. The van der Waals surface area contributed by atoms with E-state index < -0.39 is 0 Å². The van der Waals surface area contributed by atoms with Crippen LogP contribution in [0.5, 0.6) is 11.8 Å². The average Bonchev–Trinajstić information content (AvgIpc) is 4.10. The van der Waals surface area contributed by atoms with Gasteiger partial charge in [-0.2, -0.15) is 0 Å². The average molecular weight is 775 g/mol. The topological polar surface area (TPSA) is 167 Å². The molecule has 8 aromatic rings. The van der Waals surface area contributed by atoms with E-state index in [9.17, 15) is 0 Å². The number of ether oxygens (including phenoxy) is 2. The van der Waals surface area contributed by atoms with Crippen molar-refractivity contribution in [2.75, 3.05) is 14.2 Å². The van der Waals surface area contributed by atoms with Crippen molar-refractivity contribution in [3.63, 3.8) is 0 Å². The highest BCUT2D eigenvalue weighted by atomic mass is 16.5. The van der Waals surface area contributed by atoms with E-state index in [1.54, 1.807) is 26.9 Å². The predicted molar refractivity (Wildman–Crippen MR) is 214 cm³/mol. The number of hydrogen-bond donors (Lipinski definition) is 0. The molecule has 0 fully saturated rings. The van der Waals surface area contributed by atoms with Gasteiger partial charge in [-0.15, -0.1) is 10.2 Å². The Morgan fingerprint density at radius 2 is 1.02 bits per heavy atom. The van der Waals surface area contributed by atoms with Crippen molar-refractivity contribution in [2.45, 2.75) is 64.5 Å². The maximum Gasteiger partial charge on any atom is 0.238 e. The highest BCUT2D eigenvalue weighted by Crippen LogP contribution is 2.35. The predicted octanol–water partition coefficient (Wildman–Crippen LogP) is 6.33. The Kier molecular flexibility index (Phi) is 9.95. The van der Waals surface area contributed by atoms with Crippen LogP contribution in [0, 0.1) is 13.8 Å². The van der Waals surface area contributed by atoms with Crippen LogP contribution in [-0.4, -0.2) is 82.8 Å².